The third kappa shape index (κ3) is 2.09. The van der Waals surface area contributed by atoms with Gasteiger partial charge >= 0.3 is 5.97 Å². The van der Waals surface area contributed by atoms with Crippen molar-refractivity contribution < 1.29 is 19.0 Å². The molecule has 1 aromatic carbocycles. The molecular weight excluding hydrogens is 310 g/mol. The lowest BCUT2D eigenvalue weighted by atomic mass is 10.1. The molecule has 0 fully saturated rings. The second kappa shape index (κ2) is 5.52. The van der Waals surface area contributed by atoms with Gasteiger partial charge in [0, 0.05) is 29.5 Å². The van der Waals surface area contributed by atoms with E-state index in [4.69, 9.17) is 14.2 Å². The molecular formula is C17H15N3O4. The van der Waals surface area contributed by atoms with Gasteiger partial charge in [-0.1, -0.05) is 0 Å². The molecule has 0 aliphatic carbocycles. The molecule has 7 heteroatoms. The zero-order chi connectivity index (χ0) is 16.7. The highest BCUT2D eigenvalue weighted by Gasteiger charge is 2.26. The summed E-state index contributed by atoms with van der Waals surface area (Å²) in [6.07, 6.45) is 3.31. The number of rotatable bonds is 3. The number of carbonyl (C=O) groups excluding carboxylic acids is 1. The SMILES string of the molecule is CCOC(=O)c1c(C)n(-c2ncccn2)c2cc3c(cc12)OCO3. The number of hydrogen-bond acceptors (Lipinski definition) is 6. The first-order chi connectivity index (χ1) is 11.7. The van der Waals surface area contributed by atoms with E-state index >= 15 is 0 Å². The molecule has 122 valence electrons. The molecule has 4 rings (SSSR count). The van der Waals surface area contributed by atoms with Gasteiger partial charge in [-0.2, -0.15) is 0 Å². The summed E-state index contributed by atoms with van der Waals surface area (Å²) in [5, 5.41) is 0.725. The molecule has 0 saturated carbocycles. The minimum atomic E-state index is -0.381. The average molecular weight is 325 g/mol. The van der Waals surface area contributed by atoms with Crippen LogP contribution in [-0.2, 0) is 4.74 Å². The number of aromatic nitrogens is 3. The minimum absolute atomic E-state index is 0.164. The first-order valence-corrected chi connectivity index (χ1v) is 7.60. The Morgan fingerprint density at radius 1 is 1.25 bits per heavy atom. The highest BCUT2D eigenvalue weighted by molar-refractivity contribution is 6.07. The molecule has 0 unspecified atom stereocenters. The molecule has 3 heterocycles. The van der Waals surface area contributed by atoms with Gasteiger partial charge in [0.25, 0.3) is 0 Å². The van der Waals surface area contributed by atoms with Gasteiger partial charge in [0.2, 0.25) is 12.7 Å². The van der Waals surface area contributed by atoms with Crippen LogP contribution in [0.4, 0.5) is 0 Å². The van der Waals surface area contributed by atoms with Crippen LogP contribution >= 0.6 is 0 Å². The van der Waals surface area contributed by atoms with Crippen LogP contribution < -0.4 is 9.47 Å². The van der Waals surface area contributed by atoms with Crippen LogP contribution in [0.15, 0.2) is 30.6 Å². The van der Waals surface area contributed by atoms with Crippen molar-refractivity contribution >= 4 is 16.9 Å². The maximum Gasteiger partial charge on any atom is 0.340 e. The van der Waals surface area contributed by atoms with E-state index in [1.54, 1.807) is 31.5 Å². The molecule has 3 aromatic rings. The normalized spacial score (nSPS) is 12.6. The van der Waals surface area contributed by atoms with Crippen LogP contribution in [0.1, 0.15) is 23.0 Å². The van der Waals surface area contributed by atoms with Gasteiger partial charge in [0.15, 0.2) is 11.5 Å². The summed E-state index contributed by atoms with van der Waals surface area (Å²) in [5.41, 5.74) is 1.96. The fourth-order valence-electron chi connectivity index (χ4n) is 2.93. The molecule has 0 radical (unpaired) electrons. The Hall–Kier alpha value is -3.09. The molecule has 1 aliphatic heterocycles. The zero-order valence-corrected chi connectivity index (χ0v) is 13.3. The summed E-state index contributed by atoms with van der Waals surface area (Å²) in [6, 6.07) is 5.38. The lowest BCUT2D eigenvalue weighted by Crippen LogP contribution is -2.08. The number of esters is 1. The summed E-state index contributed by atoms with van der Waals surface area (Å²) in [6.45, 7) is 4.09. The summed E-state index contributed by atoms with van der Waals surface area (Å²) < 4.78 is 17.9. The fraction of sp³-hybridized carbons (Fsp3) is 0.235. The standard InChI is InChI=1S/C17H15N3O4/c1-3-22-16(21)15-10(2)20(17-18-5-4-6-19-17)12-8-14-13(7-11(12)15)23-9-24-14/h4-8H,3,9H2,1-2H3. The van der Waals surface area contributed by atoms with Gasteiger partial charge in [-0.15, -0.1) is 0 Å². The van der Waals surface area contributed by atoms with Crippen molar-refractivity contribution in [1.29, 1.82) is 0 Å². The summed E-state index contributed by atoms with van der Waals surface area (Å²) in [5.74, 6) is 1.34. The van der Waals surface area contributed by atoms with Gasteiger partial charge in [-0.25, -0.2) is 14.8 Å². The number of carbonyl (C=O) groups is 1. The highest BCUT2D eigenvalue weighted by atomic mass is 16.7. The Morgan fingerprint density at radius 3 is 2.67 bits per heavy atom. The number of ether oxygens (including phenoxy) is 3. The average Bonchev–Trinajstić information content (AvgIpc) is 3.14. The Balaban J connectivity index is 2.04. The molecule has 0 saturated heterocycles. The molecule has 2 aromatic heterocycles. The summed E-state index contributed by atoms with van der Waals surface area (Å²) in [4.78, 5) is 21.1. The predicted molar refractivity (Wildman–Crippen MR) is 85.7 cm³/mol. The van der Waals surface area contributed by atoms with Crippen molar-refractivity contribution in [2.24, 2.45) is 0 Å². The first kappa shape index (κ1) is 14.5. The maximum absolute atomic E-state index is 12.5. The number of hydrogen-bond donors (Lipinski definition) is 0. The molecule has 1 aliphatic rings. The van der Waals surface area contributed by atoms with E-state index in [9.17, 15) is 4.79 Å². The smallest absolute Gasteiger partial charge is 0.340 e. The predicted octanol–water partition coefficient (Wildman–Crippen LogP) is 2.63. The van der Waals surface area contributed by atoms with Crippen LogP contribution in [0.25, 0.3) is 16.9 Å². The molecule has 24 heavy (non-hydrogen) atoms. The fourth-order valence-corrected chi connectivity index (χ4v) is 2.93. The van der Waals surface area contributed by atoms with E-state index in [1.807, 2.05) is 17.6 Å². The minimum Gasteiger partial charge on any atom is -0.462 e. The third-order valence-electron chi connectivity index (χ3n) is 3.93. The van der Waals surface area contributed by atoms with Crippen molar-refractivity contribution in [2.75, 3.05) is 13.4 Å². The molecule has 0 spiro atoms. The van der Waals surface area contributed by atoms with Crippen molar-refractivity contribution in [2.45, 2.75) is 13.8 Å². The third-order valence-corrected chi connectivity index (χ3v) is 3.93. The number of benzene rings is 1. The Labute approximate surface area is 137 Å². The summed E-state index contributed by atoms with van der Waals surface area (Å²) in [7, 11) is 0. The van der Waals surface area contributed by atoms with Crippen molar-refractivity contribution in [3.05, 3.63) is 41.9 Å². The number of fused-ring (bicyclic) bond motifs is 2. The van der Waals surface area contributed by atoms with E-state index in [-0.39, 0.29) is 12.8 Å². The van der Waals surface area contributed by atoms with Crippen LogP contribution in [0.5, 0.6) is 11.5 Å². The molecule has 7 nitrogen and oxygen atoms in total. The van der Waals surface area contributed by atoms with Crippen molar-refractivity contribution in [1.82, 2.24) is 14.5 Å². The van der Waals surface area contributed by atoms with Gasteiger partial charge in [-0.05, 0) is 26.0 Å². The molecule has 0 atom stereocenters. The van der Waals surface area contributed by atoms with E-state index in [1.165, 1.54) is 0 Å². The van der Waals surface area contributed by atoms with Gasteiger partial charge in [-0.3, -0.25) is 4.57 Å². The Morgan fingerprint density at radius 2 is 1.96 bits per heavy atom. The largest absolute Gasteiger partial charge is 0.462 e. The van der Waals surface area contributed by atoms with E-state index in [0.29, 0.717) is 35.3 Å². The summed E-state index contributed by atoms with van der Waals surface area (Å²) >= 11 is 0. The topological polar surface area (TPSA) is 75.5 Å². The highest BCUT2D eigenvalue weighted by Crippen LogP contribution is 2.40. The van der Waals surface area contributed by atoms with Gasteiger partial charge in [0.05, 0.1) is 17.7 Å². The Bertz CT molecular complexity index is 934. The van der Waals surface area contributed by atoms with Crippen LogP contribution in [0.3, 0.4) is 0 Å². The van der Waals surface area contributed by atoms with E-state index < -0.39 is 0 Å². The molecule has 0 amide bonds. The first-order valence-electron chi connectivity index (χ1n) is 7.60. The van der Waals surface area contributed by atoms with Crippen LogP contribution in [-0.4, -0.2) is 33.9 Å². The zero-order valence-electron chi connectivity index (χ0n) is 13.3. The molecule has 0 N–H and O–H groups in total. The monoisotopic (exact) mass is 325 g/mol. The molecule has 0 bridgehead atoms. The van der Waals surface area contributed by atoms with Gasteiger partial charge in [0.1, 0.15) is 0 Å². The lowest BCUT2D eigenvalue weighted by Gasteiger charge is -2.06. The van der Waals surface area contributed by atoms with Crippen molar-refractivity contribution in [3.63, 3.8) is 0 Å². The second-order valence-electron chi connectivity index (χ2n) is 5.29. The number of nitrogens with zero attached hydrogens (tertiary/aromatic N) is 3. The van der Waals surface area contributed by atoms with Crippen molar-refractivity contribution in [3.8, 4) is 17.4 Å². The Kier molecular flexibility index (Phi) is 3.34. The quantitative estimate of drug-likeness (QED) is 0.689. The van der Waals surface area contributed by atoms with E-state index in [2.05, 4.69) is 9.97 Å². The lowest BCUT2D eigenvalue weighted by molar-refractivity contribution is 0.0527. The van der Waals surface area contributed by atoms with Gasteiger partial charge < -0.3 is 14.2 Å². The van der Waals surface area contributed by atoms with E-state index in [0.717, 1.165) is 10.9 Å². The van der Waals surface area contributed by atoms with Crippen LogP contribution in [0.2, 0.25) is 0 Å². The van der Waals surface area contributed by atoms with Crippen LogP contribution in [0, 0.1) is 6.92 Å². The maximum atomic E-state index is 12.5. The second-order valence-corrected chi connectivity index (χ2v) is 5.29.